The number of hydrogen-bond acceptors (Lipinski definition) is 3. The van der Waals surface area contributed by atoms with Crippen molar-refractivity contribution in [2.45, 2.75) is 40.8 Å². The predicted octanol–water partition coefficient (Wildman–Crippen LogP) is 3.56. The average Bonchev–Trinajstić information content (AvgIpc) is 2.66. The van der Waals surface area contributed by atoms with Crippen LogP contribution in [0.1, 0.15) is 36.1 Å². The van der Waals surface area contributed by atoms with E-state index in [1.165, 1.54) is 20.9 Å². The molecule has 1 aromatic rings. The van der Waals surface area contributed by atoms with Gasteiger partial charge in [0, 0.05) is 29.4 Å². The van der Waals surface area contributed by atoms with E-state index in [4.69, 9.17) is 0 Å². The van der Waals surface area contributed by atoms with Crippen LogP contribution in [0.4, 0.5) is 0 Å². The number of likely N-dealkylation sites (N-methyl/N-ethyl adjacent to an activating group) is 1. The lowest BCUT2D eigenvalue weighted by Crippen LogP contribution is -2.24. The quantitative estimate of drug-likeness (QED) is 0.724. The molecule has 0 aliphatic rings. The third-order valence-electron chi connectivity index (χ3n) is 2.96. The maximum atomic E-state index is 4.00. The highest BCUT2D eigenvalue weighted by molar-refractivity contribution is 7.12. The first-order valence-corrected chi connectivity index (χ1v) is 7.54. The molecule has 0 aliphatic carbocycles. The van der Waals surface area contributed by atoms with Crippen LogP contribution in [0.15, 0.2) is 18.2 Å². The number of rotatable bonds is 8. The second kappa shape index (κ2) is 7.72. The van der Waals surface area contributed by atoms with Crippen LogP contribution < -0.4 is 5.32 Å². The summed E-state index contributed by atoms with van der Waals surface area (Å²) in [5, 5.41) is 3.39. The highest BCUT2D eigenvalue weighted by Gasteiger charge is 2.09. The summed E-state index contributed by atoms with van der Waals surface area (Å²) in [6.45, 7) is 17.8. The lowest BCUT2D eigenvalue weighted by molar-refractivity contribution is 0.304. The number of aryl methyl sites for hydroxylation is 1. The molecule has 0 amide bonds. The molecule has 0 spiro atoms. The molecule has 0 saturated carbocycles. The highest BCUT2D eigenvalue weighted by atomic mass is 32.1. The summed E-state index contributed by atoms with van der Waals surface area (Å²) in [7, 11) is 0. The maximum Gasteiger partial charge on any atom is 0.0299 e. The second-order valence-electron chi connectivity index (χ2n) is 4.83. The van der Waals surface area contributed by atoms with Crippen LogP contribution in [0.5, 0.6) is 0 Å². The minimum absolute atomic E-state index is 0.994. The van der Waals surface area contributed by atoms with E-state index in [1.807, 2.05) is 11.3 Å². The van der Waals surface area contributed by atoms with Gasteiger partial charge >= 0.3 is 0 Å². The smallest absolute Gasteiger partial charge is 0.0299 e. The average molecular weight is 266 g/mol. The van der Waals surface area contributed by atoms with E-state index >= 15 is 0 Å². The Balaban J connectivity index is 2.64. The van der Waals surface area contributed by atoms with Gasteiger partial charge in [0.1, 0.15) is 0 Å². The lowest BCUT2D eigenvalue weighted by atomic mass is 10.2. The van der Waals surface area contributed by atoms with Crippen molar-refractivity contribution in [1.82, 2.24) is 10.2 Å². The summed E-state index contributed by atoms with van der Waals surface area (Å²) in [6, 6.07) is 2.35. The van der Waals surface area contributed by atoms with Crippen molar-refractivity contribution in [3.05, 3.63) is 33.5 Å². The largest absolute Gasteiger partial charge is 0.312 e. The third kappa shape index (κ3) is 4.92. The number of nitrogens with one attached hydrogen (secondary N) is 1. The molecule has 0 bridgehead atoms. The third-order valence-corrected chi connectivity index (χ3v) is 4.05. The molecule has 0 aromatic carbocycles. The van der Waals surface area contributed by atoms with Gasteiger partial charge in [-0.25, -0.2) is 0 Å². The molecule has 1 N–H and O–H groups in total. The first-order chi connectivity index (χ1) is 8.56. The first kappa shape index (κ1) is 15.4. The van der Waals surface area contributed by atoms with Gasteiger partial charge in [-0.3, -0.25) is 4.90 Å². The molecule has 18 heavy (non-hydrogen) atoms. The fourth-order valence-corrected chi connectivity index (χ4v) is 3.01. The Morgan fingerprint density at radius 3 is 2.72 bits per heavy atom. The molecule has 1 rings (SSSR count). The SMILES string of the molecule is C=C(C)CN(CC)Cc1cc(CNCC)sc1C. The molecule has 102 valence electrons. The van der Waals surface area contributed by atoms with E-state index in [0.717, 1.165) is 32.7 Å². The van der Waals surface area contributed by atoms with Gasteiger partial charge < -0.3 is 5.32 Å². The minimum Gasteiger partial charge on any atom is -0.312 e. The minimum atomic E-state index is 0.994. The van der Waals surface area contributed by atoms with Crippen LogP contribution in [-0.4, -0.2) is 24.5 Å². The summed E-state index contributed by atoms with van der Waals surface area (Å²) in [6.07, 6.45) is 0. The van der Waals surface area contributed by atoms with Gasteiger partial charge in [-0.05, 0) is 38.6 Å². The number of thiophene rings is 1. The fraction of sp³-hybridized carbons (Fsp3) is 0.600. The van der Waals surface area contributed by atoms with Crippen LogP contribution in [-0.2, 0) is 13.1 Å². The Bertz CT molecular complexity index is 382. The van der Waals surface area contributed by atoms with E-state index in [0.29, 0.717) is 0 Å². The molecular formula is C15H26N2S. The van der Waals surface area contributed by atoms with Crippen molar-refractivity contribution in [2.75, 3.05) is 19.6 Å². The molecule has 2 nitrogen and oxygen atoms in total. The van der Waals surface area contributed by atoms with Gasteiger partial charge in [-0.1, -0.05) is 26.0 Å². The summed E-state index contributed by atoms with van der Waals surface area (Å²) in [5.74, 6) is 0. The summed E-state index contributed by atoms with van der Waals surface area (Å²) < 4.78 is 0. The Kier molecular flexibility index (Phi) is 6.61. The Hall–Kier alpha value is -0.640. The fourth-order valence-electron chi connectivity index (χ4n) is 1.98. The van der Waals surface area contributed by atoms with E-state index in [-0.39, 0.29) is 0 Å². The van der Waals surface area contributed by atoms with E-state index in [9.17, 15) is 0 Å². The van der Waals surface area contributed by atoms with Crippen LogP contribution >= 0.6 is 11.3 Å². The van der Waals surface area contributed by atoms with E-state index in [1.54, 1.807) is 0 Å². The van der Waals surface area contributed by atoms with Crippen LogP contribution in [0.25, 0.3) is 0 Å². The normalized spacial score (nSPS) is 11.2. The monoisotopic (exact) mass is 266 g/mol. The van der Waals surface area contributed by atoms with Crippen LogP contribution in [0.3, 0.4) is 0 Å². The van der Waals surface area contributed by atoms with Gasteiger partial charge in [0.2, 0.25) is 0 Å². The molecule has 0 unspecified atom stereocenters. The summed E-state index contributed by atoms with van der Waals surface area (Å²) >= 11 is 1.91. The topological polar surface area (TPSA) is 15.3 Å². The zero-order valence-electron chi connectivity index (χ0n) is 12.2. The molecule has 1 aromatic heterocycles. The molecule has 1 heterocycles. The number of hydrogen-bond donors (Lipinski definition) is 1. The van der Waals surface area contributed by atoms with Gasteiger partial charge in [0.05, 0.1) is 0 Å². The first-order valence-electron chi connectivity index (χ1n) is 6.72. The second-order valence-corrected chi connectivity index (χ2v) is 6.18. The zero-order valence-corrected chi connectivity index (χ0v) is 13.0. The molecule has 0 aliphatic heterocycles. The zero-order chi connectivity index (χ0) is 13.5. The Morgan fingerprint density at radius 2 is 2.17 bits per heavy atom. The maximum absolute atomic E-state index is 4.00. The van der Waals surface area contributed by atoms with Crippen LogP contribution in [0, 0.1) is 6.92 Å². The summed E-state index contributed by atoms with van der Waals surface area (Å²) in [5.41, 5.74) is 2.70. The molecule has 0 atom stereocenters. The Morgan fingerprint density at radius 1 is 1.44 bits per heavy atom. The van der Waals surface area contributed by atoms with Crippen molar-refractivity contribution in [3.8, 4) is 0 Å². The summed E-state index contributed by atoms with van der Waals surface area (Å²) in [4.78, 5) is 5.33. The molecular weight excluding hydrogens is 240 g/mol. The van der Waals surface area contributed by atoms with Crippen molar-refractivity contribution in [3.63, 3.8) is 0 Å². The van der Waals surface area contributed by atoms with Gasteiger partial charge in [-0.15, -0.1) is 11.3 Å². The van der Waals surface area contributed by atoms with Crippen molar-refractivity contribution >= 4 is 11.3 Å². The molecule has 3 heteroatoms. The van der Waals surface area contributed by atoms with Gasteiger partial charge in [-0.2, -0.15) is 0 Å². The molecule has 0 fully saturated rings. The van der Waals surface area contributed by atoms with E-state index < -0.39 is 0 Å². The standard InChI is InChI=1S/C15H26N2S/c1-6-16-9-15-8-14(13(5)18-15)11-17(7-2)10-12(3)4/h8,16H,3,6-7,9-11H2,1-2,4-5H3. The van der Waals surface area contributed by atoms with Gasteiger partial charge in [0.25, 0.3) is 0 Å². The molecule has 0 radical (unpaired) electrons. The molecule has 0 saturated heterocycles. The van der Waals surface area contributed by atoms with Crippen molar-refractivity contribution in [2.24, 2.45) is 0 Å². The predicted molar refractivity (Wildman–Crippen MR) is 82.2 cm³/mol. The van der Waals surface area contributed by atoms with E-state index in [2.05, 4.69) is 50.6 Å². The lowest BCUT2D eigenvalue weighted by Gasteiger charge is -2.20. The van der Waals surface area contributed by atoms with Gasteiger partial charge in [0.15, 0.2) is 0 Å². The van der Waals surface area contributed by atoms with Crippen molar-refractivity contribution in [1.29, 1.82) is 0 Å². The van der Waals surface area contributed by atoms with Crippen molar-refractivity contribution < 1.29 is 0 Å². The highest BCUT2D eigenvalue weighted by Crippen LogP contribution is 2.23. The van der Waals surface area contributed by atoms with Crippen LogP contribution in [0.2, 0.25) is 0 Å². The number of nitrogens with zero attached hydrogens (tertiary/aromatic N) is 1. The Labute approximate surface area is 116 Å².